The van der Waals surface area contributed by atoms with Crippen LogP contribution in [0.4, 0.5) is 10.1 Å². The van der Waals surface area contributed by atoms with Crippen LogP contribution in [0.5, 0.6) is 0 Å². The molecule has 0 atom stereocenters. The molecule has 2 aromatic rings. The molecule has 0 saturated heterocycles. The predicted octanol–water partition coefficient (Wildman–Crippen LogP) is 2.96. The molecule has 0 bridgehead atoms. The van der Waals surface area contributed by atoms with Gasteiger partial charge in [-0.25, -0.2) is 4.39 Å². The molecule has 2 nitrogen and oxygen atoms in total. The SMILES string of the molecule is CN(CCc1ccc(F)cc1)c1ccc(CN)cc1. The molecule has 0 unspecified atom stereocenters. The number of likely N-dealkylation sites (N-methyl/N-ethyl adjacent to an activating group) is 1. The molecule has 0 spiro atoms. The van der Waals surface area contributed by atoms with E-state index >= 15 is 0 Å². The number of rotatable bonds is 5. The summed E-state index contributed by atoms with van der Waals surface area (Å²) in [6.45, 7) is 1.47. The lowest BCUT2D eigenvalue weighted by atomic mass is 10.1. The molecule has 0 fully saturated rings. The summed E-state index contributed by atoms with van der Waals surface area (Å²) in [5.41, 5.74) is 9.02. The van der Waals surface area contributed by atoms with Crippen molar-refractivity contribution in [2.24, 2.45) is 5.73 Å². The Morgan fingerprint density at radius 1 is 0.947 bits per heavy atom. The van der Waals surface area contributed by atoms with Gasteiger partial charge in [-0.3, -0.25) is 0 Å². The quantitative estimate of drug-likeness (QED) is 0.893. The Morgan fingerprint density at radius 2 is 1.53 bits per heavy atom. The van der Waals surface area contributed by atoms with E-state index in [4.69, 9.17) is 5.73 Å². The zero-order valence-corrected chi connectivity index (χ0v) is 11.1. The number of benzene rings is 2. The van der Waals surface area contributed by atoms with Crippen LogP contribution in [0.1, 0.15) is 11.1 Å². The summed E-state index contributed by atoms with van der Waals surface area (Å²) in [5, 5.41) is 0. The molecule has 100 valence electrons. The molecule has 0 aliphatic heterocycles. The molecule has 0 amide bonds. The standard InChI is InChI=1S/C16H19FN2/c1-19(16-8-4-14(12-18)5-9-16)11-10-13-2-6-15(17)7-3-13/h2-9H,10-12,18H2,1H3. The normalized spacial score (nSPS) is 10.5. The van der Waals surface area contributed by atoms with Gasteiger partial charge in [-0.1, -0.05) is 24.3 Å². The second-order valence-electron chi connectivity index (χ2n) is 4.67. The van der Waals surface area contributed by atoms with Crippen LogP contribution in [0.15, 0.2) is 48.5 Å². The van der Waals surface area contributed by atoms with E-state index in [1.54, 1.807) is 0 Å². The number of nitrogens with zero attached hydrogens (tertiary/aromatic N) is 1. The summed E-state index contributed by atoms with van der Waals surface area (Å²) >= 11 is 0. The lowest BCUT2D eigenvalue weighted by Gasteiger charge is -2.19. The van der Waals surface area contributed by atoms with Crippen molar-refractivity contribution in [3.8, 4) is 0 Å². The Balaban J connectivity index is 1.93. The molecule has 19 heavy (non-hydrogen) atoms. The lowest BCUT2D eigenvalue weighted by molar-refractivity contribution is 0.627. The summed E-state index contributed by atoms with van der Waals surface area (Å²) in [4.78, 5) is 2.18. The smallest absolute Gasteiger partial charge is 0.123 e. The lowest BCUT2D eigenvalue weighted by Crippen LogP contribution is -2.20. The second-order valence-corrected chi connectivity index (χ2v) is 4.67. The maximum Gasteiger partial charge on any atom is 0.123 e. The highest BCUT2D eigenvalue weighted by atomic mass is 19.1. The number of hydrogen-bond donors (Lipinski definition) is 1. The van der Waals surface area contributed by atoms with Gasteiger partial charge in [0.2, 0.25) is 0 Å². The van der Waals surface area contributed by atoms with Gasteiger partial charge in [-0.05, 0) is 41.8 Å². The third kappa shape index (κ3) is 3.80. The first-order valence-corrected chi connectivity index (χ1v) is 6.43. The van der Waals surface area contributed by atoms with E-state index < -0.39 is 0 Å². The van der Waals surface area contributed by atoms with Crippen molar-refractivity contribution >= 4 is 5.69 Å². The van der Waals surface area contributed by atoms with Crippen molar-refractivity contribution < 1.29 is 4.39 Å². The van der Waals surface area contributed by atoms with Crippen molar-refractivity contribution in [2.45, 2.75) is 13.0 Å². The first-order valence-electron chi connectivity index (χ1n) is 6.43. The Morgan fingerprint density at radius 3 is 2.11 bits per heavy atom. The third-order valence-electron chi connectivity index (χ3n) is 3.26. The van der Waals surface area contributed by atoms with Gasteiger partial charge in [0.25, 0.3) is 0 Å². The van der Waals surface area contributed by atoms with Gasteiger partial charge in [0.05, 0.1) is 0 Å². The van der Waals surface area contributed by atoms with Crippen molar-refractivity contribution in [1.82, 2.24) is 0 Å². The Kier molecular flexibility index (Phi) is 4.53. The largest absolute Gasteiger partial charge is 0.374 e. The number of anilines is 1. The monoisotopic (exact) mass is 258 g/mol. The molecule has 2 aromatic carbocycles. The fourth-order valence-corrected chi connectivity index (χ4v) is 1.96. The molecular formula is C16H19FN2. The second kappa shape index (κ2) is 6.34. The number of nitrogens with two attached hydrogens (primary N) is 1. The van der Waals surface area contributed by atoms with Crippen molar-refractivity contribution in [3.05, 3.63) is 65.5 Å². The van der Waals surface area contributed by atoms with Crippen molar-refractivity contribution in [1.29, 1.82) is 0 Å². The van der Waals surface area contributed by atoms with E-state index in [0.29, 0.717) is 6.54 Å². The van der Waals surface area contributed by atoms with E-state index in [1.807, 2.05) is 24.3 Å². The van der Waals surface area contributed by atoms with Gasteiger partial charge >= 0.3 is 0 Å². The topological polar surface area (TPSA) is 29.3 Å². The molecule has 2 rings (SSSR count). The molecule has 0 saturated carbocycles. The van der Waals surface area contributed by atoms with E-state index in [9.17, 15) is 4.39 Å². The minimum Gasteiger partial charge on any atom is -0.374 e. The average Bonchev–Trinajstić information content (AvgIpc) is 2.46. The molecule has 0 aliphatic carbocycles. The number of hydrogen-bond acceptors (Lipinski definition) is 2. The molecule has 0 heterocycles. The third-order valence-corrected chi connectivity index (χ3v) is 3.26. The van der Waals surface area contributed by atoms with Crippen LogP contribution in [-0.2, 0) is 13.0 Å². The van der Waals surface area contributed by atoms with Crippen LogP contribution in [0.3, 0.4) is 0 Å². The minimum absolute atomic E-state index is 0.186. The van der Waals surface area contributed by atoms with Crippen LogP contribution in [0, 0.1) is 5.82 Å². The van der Waals surface area contributed by atoms with Crippen molar-refractivity contribution in [3.63, 3.8) is 0 Å². The van der Waals surface area contributed by atoms with E-state index in [2.05, 4.69) is 24.1 Å². The Hall–Kier alpha value is -1.87. The van der Waals surface area contributed by atoms with E-state index in [-0.39, 0.29) is 5.82 Å². The van der Waals surface area contributed by atoms with Gasteiger partial charge in [0.15, 0.2) is 0 Å². The summed E-state index contributed by atoms with van der Waals surface area (Å²) in [6, 6.07) is 14.9. The molecular weight excluding hydrogens is 239 g/mol. The summed E-state index contributed by atoms with van der Waals surface area (Å²) < 4.78 is 12.8. The highest BCUT2D eigenvalue weighted by Crippen LogP contribution is 2.14. The molecule has 0 radical (unpaired) electrons. The average molecular weight is 258 g/mol. The maximum atomic E-state index is 12.8. The highest BCUT2D eigenvalue weighted by molar-refractivity contribution is 5.47. The van der Waals surface area contributed by atoms with Crippen molar-refractivity contribution in [2.75, 3.05) is 18.5 Å². The fraction of sp³-hybridized carbons (Fsp3) is 0.250. The number of halogens is 1. The van der Waals surface area contributed by atoms with Crippen LogP contribution >= 0.6 is 0 Å². The van der Waals surface area contributed by atoms with Gasteiger partial charge in [-0.15, -0.1) is 0 Å². The zero-order valence-electron chi connectivity index (χ0n) is 11.1. The molecule has 3 heteroatoms. The van der Waals surface area contributed by atoms with E-state index in [0.717, 1.165) is 24.1 Å². The van der Waals surface area contributed by atoms with Gasteiger partial charge in [0.1, 0.15) is 5.82 Å². The van der Waals surface area contributed by atoms with Gasteiger partial charge < -0.3 is 10.6 Å². The Labute approximate surface area is 113 Å². The van der Waals surface area contributed by atoms with Crippen LogP contribution in [-0.4, -0.2) is 13.6 Å². The highest BCUT2D eigenvalue weighted by Gasteiger charge is 2.02. The van der Waals surface area contributed by atoms with Crippen LogP contribution in [0.2, 0.25) is 0 Å². The summed E-state index contributed by atoms with van der Waals surface area (Å²) in [6.07, 6.45) is 0.898. The molecule has 2 N–H and O–H groups in total. The first kappa shape index (κ1) is 13.6. The first-order chi connectivity index (χ1) is 9.19. The minimum atomic E-state index is -0.186. The van der Waals surface area contributed by atoms with E-state index in [1.165, 1.54) is 17.8 Å². The fourth-order valence-electron chi connectivity index (χ4n) is 1.96. The van der Waals surface area contributed by atoms with Crippen LogP contribution in [0.25, 0.3) is 0 Å². The Bertz CT molecular complexity index is 505. The van der Waals surface area contributed by atoms with Gasteiger partial charge in [-0.2, -0.15) is 0 Å². The zero-order chi connectivity index (χ0) is 13.7. The summed E-state index contributed by atoms with van der Waals surface area (Å²) in [5.74, 6) is -0.186. The van der Waals surface area contributed by atoms with Crippen LogP contribution < -0.4 is 10.6 Å². The molecule has 0 aliphatic rings. The molecule has 0 aromatic heterocycles. The summed E-state index contributed by atoms with van der Waals surface area (Å²) in [7, 11) is 2.06. The predicted molar refractivity (Wildman–Crippen MR) is 77.7 cm³/mol. The maximum absolute atomic E-state index is 12.8. The van der Waals surface area contributed by atoms with Gasteiger partial charge in [0, 0.05) is 25.8 Å².